The van der Waals surface area contributed by atoms with Crippen molar-refractivity contribution in [2.45, 2.75) is 77.8 Å². The molecule has 1 aliphatic rings. The predicted molar refractivity (Wildman–Crippen MR) is 78.7 cm³/mol. The number of amides is 2. The zero-order valence-electron chi connectivity index (χ0n) is 13.1. The molecule has 1 fully saturated rings. The molecular weight excluding hydrogens is 256 g/mol. The lowest BCUT2D eigenvalue weighted by atomic mass is 9.85. The van der Waals surface area contributed by atoms with Crippen LogP contribution in [0.15, 0.2) is 0 Å². The number of carbonyl (C=O) groups is 2. The molecule has 0 spiro atoms. The quantitative estimate of drug-likeness (QED) is 0.701. The van der Waals surface area contributed by atoms with Crippen LogP contribution in [0.5, 0.6) is 0 Å². The fourth-order valence-electron chi connectivity index (χ4n) is 3.10. The van der Waals surface area contributed by atoms with Crippen LogP contribution in [0, 0.1) is 5.41 Å². The molecule has 1 rings (SSSR count). The lowest BCUT2D eigenvalue weighted by molar-refractivity contribution is -0.148. The third kappa shape index (κ3) is 3.25. The summed E-state index contributed by atoms with van der Waals surface area (Å²) >= 11 is 0. The number of carboxylic acids is 1. The Morgan fingerprint density at radius 3 is 2.25 bits per heavy atom. The summed E-state index contributed by atoms with van der Waals surface area (Å²) < 4.78 is 0. The van der Waals surface area contributed by atoms with E-state index in [9.17, 15) is 14.7 Å². The molecule has 1 saturated carbocycles. The molecule has 0 aromatic carbocycles. The van der Waals surface area contributed by atoms with Crippen LogP contribution in [0.4, 0.5) is 4.79 Å². The Morgan fingerprint density at radius 1 is 1.25 bits per heavy atom. The lowest BCUT2D eigenvalue weighted by Crippen LogP contribution is -2.56. The molecule has 0 heterocycles. The first-order valence-corrected chi connectivity index (χ1v) is 7.65. The molecule has 0 bridgehead atoms. The second-order valence-corrected chi connectivity index (χ2v) is 6.11. The van der Waals surface area contributed by atoms with Gasteiger partial charge in [-0.05, 0) is 39.0 Å². The van der Waals surface area contributed by atoms with Gasteiger partial charge in [-0.1, -0.05) is 27.2 Å². The number of rotatable bonds is 6. The summed E-state index contributed by atoms with van der Waals surface area (Å²) in [5.74, 6) is -0.826. The van der Waals surface area contributed by atoms with Crippen LogP contribution >= 0.6 is 0 Å². The molecular formula is C15H28N2O3. The van der Waals surface area contributed by atoms with E-state index in [0.29, 0.717) is 6.42 Å². The van der Waals surface area contributed by atoms with E-state index in [0.717, 1.165) is 32.1 Å². The van der Waals surface area contributed by atoms with Gasteiger partial charge in [0.25, 0.3) is 0 Å². The Hall–Kier alpha value is -1.26. The first-order chi connectivity index (χ1) is 9.33. The molecule has 1 aliphatic carbocycles. The van der Waals surface area contributed by atoms with Crippen molar-refractivity contribution in [3.05, 3.63) is 0 Å². The van der Waals surface area contributed by atoms with E-state index in [1.54, 1.807) is 6.92 Å². The standard InChI is InChI=1S/C15H28N2O3/c1-5-15(6-2,7-3)17-13(20)16-11-9-8-10-14(11,4)12(18)19/h11H,5-10H2,1-4H3,(H,18,19)(H2,16,17,20). The van der Waals surface area contributed by atoms with Crippen LogP contribution in [-0.2, 0) is 4.79 Å². The van der Waals surface area contributed by atoms with Gasteiger partial charge >= 0.3 is 12.0 Å². The summed E-state index contributed by atoms with van der Waals surface area (Å²) in [6, 6.07) is -0.529. The van der Waals surface area contributed by atoms with Gasteiger partial charge in [0.15, 0.2) is 0 Å². The molecule has 20 heavy (non-hydrogen) atoms. The lowest BCUT2D eigenvalue weighted by Gasteiger charge is -2.34. The Labute approximate surface area is 121 Å². The van der Waals surface area contributed by atoms with Gasteiger partial charge in [-0.3, -0.25) is 4.79 Å². The minimum Gasteiger partial charge on any atom is -0.481 e. The maximum Gasteiger partial charge on any atom is 0.315 e. The van der Waals surface area contributed by atoms with Crippen molar-refractivity contribution in [2.75, 3.05) is 0 Å². The van der Waals surface area contributed by atoms with E-state index in [-0.39, 0.29) is 17.6 Å². The highest BCUT2D eigenvalue weighted by Gasteiger charge is 2.46. The highest BCUT2D eigenvalue weighted by molar-refractivity contribution is 5.79. The van der Waals surface area contributed by atoms with Crippen LogP contribution < -0.4 is 10.6 Å². The van der Waals surface area contributed by atoms with E-state index >= 15 is 0 Å². The number of nitrogens with one attached hydrogen (secondary N) is 2. The molecule has 5 heteroatoms. The number of carboxylic acid groups (broad SMARTS) is 1. The molecule has 116 valence electrons. The van der Waals surface area contributed by atoms with Gasteiger partial charge in [0.05, 0.1) is 5.41 Å². The molecule has 2 amide bonds. The van der Waals surface area contributed by atoms with Gasteiger partial charge in [0.1, 0.15) is 0 Å². The van der Waals surface area contributed by atoms with Crippen LogP contribution in [0.3, 0.4) is 0 Å². The Kier molecular flexibility index (Phi) is 5.42. The van der Waals surface area contributed by atoms with Crippen molar-refractivity contribution in [1.29, 1.82) is 0 Å². The molecule has 5 nitrogen and oxygen atoms in total. The second-order valence-electron chi connectivity index (χ2n) is 6.11. The van der Waals surface area contributed by atoms with Gasteiger partial charge in [-0.15, -0.1) is 0 Å². The summed E-state index contributed by atoms with van der Waals surface area (Å²) in [7, 11) is 0. The normalized spacial score (nSPS) is 26.3. The average Bonchev–Trinajstić information content (AvgIpc) is 2.79. The fraction of sp³-hybridized carbons (Fsp3) is 0.867. The van der Waals surface area contributed by atoms with Crippen molar-refractivity contribution in [2.24, 2.45) is 5.41 Å². The van der Waals surface area contributed by atoms with Crippen LogP contribution in [-0.4, -0.2) is 28.7 Å². The molecule has 2 unspecified atom stereocenters. The maximum absolute atomic E-state index is 12.2. The van der Waals surface area contributed by atoms with Crippen molar-refractivity contribution < 1.29 is 14.7 Å². The number of aliphatic carboxylic acids is 1. The minimum absolute atomic E-state index is 0.192. The zero-order chi connectivity index (χ0) is 15.4. The van der Waals surface area contributed by atoms with Gasteiger partial charge in [0, 0.05) is 11.6 Å². The van der Waals surface area contributed by atoms with E-state index in [1.165, 1.54) is 0 Å². The van der Waals surface area contributed by atoms with Crippen molar-refractivity contribution >= 4 is 12.0 Å². The smallest absolute Gasteiger partial charge is 0.315 e. The molecule has 3 N–H and O–H groups in total. The van der Waals surface area contributed by atoms with Crippen molar-refractivity contribution in [1.82, 2.24) is 10.6 Å². The summed E-state index contributed by atoms with van der Waals surface area (Å²) in [5, 5.41) is 15.3. The fourth-order valence-corrected chi connectivity index (χ4v) is 3.10. The van der Waals surface area contributed by atoms with Gasteiger partial charge in [-0.25, -0.2) is 4.79 Å². The van der Waals surface area contributed by atoms with Crippen LogP contribution in [0.2, 0.25) is 0 Å². The van der Waals surface area contributed by atoms with Gasteiger partial charge in [-0.2, -0.15) is 0 Å². The highest BCUT2D eigenvalue weighted by atomic mass is 16.4. The second kappa shape index (κ2) is 6.46. The highest BCUT2D eigenvalue weighted by Crippen LogP contribution is 2.38. The van der Waals surface area contributed by atoms with Gasteiger partial charge < -0.3 is 15.7 Å². The monoisotopic (exact) mass is 284 g/mol. The van der Waals surface area contributed by atoms with E-state index < -0.39 is 11.4 Å². The summed E-state index contributed by atoms with van der Waals surface area (Å²) in [6.07, 6.45) is 4.80. The van der Waals surface area contributed by atoms with Crippen molar-refractivity contribution in [3.8, 4) is 0 Å². The minimum atomic E-state index is -0.843. The van der Waals surface area contributed by atoms with Crippen LogP contribution in [0.1, 0.15) is 66.2 Å². The molecule has 0 radical (unpaired) electrons. The summed E-state index contributed by atoms with van der Waals surface area (Å²) in [6.45, 7) is 7.90. The Morgan fingerprint density at radius 2 is 1.80 bits per heavy atom. The topological polar surface area (TPSA) is 78.4 Å². The number of carbonyl (C=O) groups excluding carboxylic acids is 1. The van der Waals surface area contributed by atoms with E-state index in [4.69, 9.17) is 0 Å². The van der Waals surface area contributed by atoms with E-state index in [1.807, 2.05) is 0 Å². The SMILES string of the molecule is CCC(CC)(CC)NC(=O)NC1CCCC1(C)C(=O)O. The third-order valence-corrected chi connectivity index (χ3v) is 5.16. The predicted octanol–water partition coefficient (Wildman–Crippen LogP) is 2.90. The average molecular weight is 284 g/mol. The molecule has 0 aliphatic heterocycles. The third-order valence-electron chi connectivity index (χ3n) is 5.16. The number of hydrogen-bond acceptors (Lipinski definition) is 2. The van der Waals surface area contributed by atoms with E-state index in [2.05, 4.69) is 31.4 Å². The van der Waals surface area contributed by atoms with Crippen molar-refractivity contribution in [3.63, 3.8) is 0 Å². The molecule has 2 atom stereocenters. The first-order valence-electron chi connectivity index (χ1n) is 7.65. The largest absolute Gasteiger partial charge is 0.481 e. The number of hydrogen-bond donors (Lipinski definition) is 3. The van der Waals surface area contributed by atoms with Crippen LogP contribution in [0.25, 0.3) is 0 Å². The Bertz CT molecular complexity index is 358. The summed E-state index contributed by atoms with van der Waals surface area (Å²) in [5.41, 5.74) is -1.03. The first kappa shape index (κ1) is 16.8. The zero-order valence-corrected chi connectivity index (χ0v) is 13.1. The molecule has 0 aromatic rings. The Balaban J connectivity index is 2.69. The van der Waals surface area contributed by atoms with Gasteiger partial charge in [0.2, 0.25) is 0 Å². The number of urea groups is 1. The molecule has 0 aromatic heterocycles. The maximum atomic E-state index is 12.2. The summed E-state index contributed by atoms with van der Waals surface area (Å²) in [4.78, 5) is 23.6. The molecule has 0 saturated heterocycles.